The smallest absolute Gasteiger partial charge is 0.358 e. The molecule has 2 N–H and O–H groups in total. The molecule has 1 saturated heterocycles. The summed E-state index contributed by atoms with van der Waals surface area (Å²) in [6.45, 7) is 1.25. The van der Waals surface area contributed by atoms with E-state index in [1.54, 1.807) is 0 Å². The zero-order valence-electron chi connectivity index (χ0n) is 11.7. The molecular weight excluding hydrogens is 280 g/mol. The molecule has 1 aromatic rings. The second-order valence-corrected chi connectivity index (χ2v) is 4.63. The predicted octanol–water partition coefficient (Wildman–Crippen LogP) is -0.410. The molecule has 9 nitrogen and oxygen atoms in total. The summed E-state index contributed by atoms with van der Waals surface area (Å²) >= 11 is 0. The van der Waals surface area contributed by atoms with Crippen molar-refractivity contribution in [1.82, 2.24) is 20.3 Å². The number of aromatic carboxylic acids is 1. The number of ether oxygens (including phenoxy) is 2. The fraction of sp³-hybridized carbons (Fsp3) is 0.667. The zero-order valence-corrected chi connectivity index (χ0v) is 11.7. The summed E-state index contributed by atoms with van der Waals surface area (Å²) in [7, 11) is 1.54. The first kappa shape index (κ1) is 15.4. The number of hydrogen-bond donors (Lipinski definition) is 2. The van der Waals surface area contributed by atoms with Gasteiger partial charge in [0.1, 0.15) is 18.3 Å². The Bertz CT molecular complexity index is 510. The first-order valence-electron chi connectivity index (χ1n) is 6.67. The van der Waals surface area contributed by atoms with Crippen molar-refractivity contribution >= 4 is 11.9 Å². The van der Waals surface area contributed by atoms with E-state index < -0.39 is 5.97 Å². The molecule has 2 rings (SSSR count). The minimum atomic E-state index is -1.17. The monoisotopic (exact) mass is 298 g/mol. The summed E-state index contributed by atoms with van der Waals surface area (Å²) < 4.78 is 11.6. The standard InChI is InChI=1S/C12H18N4O5/c1-20-6-4-13-9(17)7-16-11(8-3-2-5-21-8)10(12(18)19)14-15-16/h8H,2-7H2,1H3,(H,13,17)(H,18,19). The maximum Gasteiger partial charge on any atom is 0.358 e. The van der Waals surface area contributed by atoms with Crippen LogP contribution in [0.25, 0.3) is 0 Å². The first-order valence-corrected chi connectivity index (χ1v) is 6.67. The van der Waals surface area contributed by atoms with Crippen LogP contribution in [0.4, 0.5) is 0 Å². The van der Waals surface area contributed by atoms with Crippen LogP contribution in [0.3, 0.4) is 0 Å². The highest BCUT2D eigenvalue weighted by Gasteiger charge is 2.30. The van der Waals surface area contributed by atoms with Gasteiger partial charge in [-0.05, 0) is 12.8 Å². The molecular formula is C12H18N4O5. The van der Waals surface area contributed by atoms with Crippen LogP contribution in [0.2, 0.25) is 0 Å². The summed E-state index contributed by atoms with van der Waals surface area (Å²) in [6.07, 6.45) is 1.16. The maximum atomic E-state index is 11.8. The molecule has 0 bridgehead atoms. The summed E-state index contributed by atoms with van der Waals surface area (Å²) in [6, 6.07) is 0. The molecule has 0 saturated carbocycles. The highest BCUT2D eigenvalue weighted by Crippen LogP contribution is 2.30. The van der Waals surface area contributed by atoms with E-state index in [-0.39, 0.29) is 24.2 Å². The predicted molar refractivity (Wildman–Crippen MR) is 69.8 cm³/mol. The van der Waals surface area contributed by atoms with Crippen LogP contribution in [-0.4, -0.2) is 58.8 Å². The Kier molecular flexibility index (Phi) is 5.23. The van der Waals surface area contributed by atoms with Crippen molar-refractivity contribution in [3.05, 3.63) is 11.4 Å². The maximum absolute atomic E-state index is 11.8. The number of rotatable bonds is 7. The molecule has 1 aliphatic rings. The summed E-state index contributed by atoms with van der Waals surface area (Å²) in [5.41, 5.74) is 0.188. The third-order valence-corrected chi connectivity index (χ3v) is 3.13. The van der Waals surface area contributed by atoms with Crippen molar-refractivity contribution in [2.24, 2.45) is 0 Å². The van der Waals surface area contributed by atoms with Crippen LogP contribution in [0.15, 0.2) is 0 Å². The minimum absolute atomic E-state index is 0.0980. The normalized spacial score (nSPS) is 17.9. The number of carbonyl (C=O) groups excluding carboxylic acids is 1. The van der Waals surface area contributed by atoms with Gasteiger partial charge in [0, 0.05) is 20.3 Å². The van der Waals surface area contributed by atoms with E-state index in [1.165, 1.54) is 11.8 Å². The van der Waals surface area contributed by atoms with E-state index in [9.17, 15) is 9.59 Å². The van der Waals surface area contributed by atoms with Gasteiger partial charge in [-0.1, -0.05) is 5.21 Å². The molecule has 1 amide bonds. The molecule has 116 valence electrons. The first-order chi connectivity index (χ1) is 10.1. The Morgan fingerprint density at radius 2 is 2.38 bits per heavy atom. The Morgan fingerprint density at radius 3 is 3.00 bits per heavy atom. The highest BCUT2D eigenvalue weighted by molar-refractivity contribution is 5.86. The Hall–Kier alpha value is -2.00. The molecule has 1 aliphatic heterocycles. The number of methoxy groups -OCH3 is 1. The molecule has 0 aliphatic carbocycles. The van der Waals surface area contributed by atoms with Crippen LogP contribution in [0, 0.1) is 0 Å². The van der Waals surface area contributed by atoms with Gasteiger partial charge in [0.2, 0.25) is 5.91 Å². The number of carboxylic acids is 1. The van der Waals surface area contributed by atoms with Crippen LogP contribution in [-0.2, 0) is 20.8 Å². The summed E-state index contributed by atoms with van der Waals surface area (Å²) in [5.74, 6) is -1.46. The topological polar surface area (TPSA) is 116 Å². The van der Waals surface area contributed by atoms with E-state index in [0.29, 0.717) is 31.9 Å². The molecule has 9 heteroatoms. The lowest BCUT2D eigenvalue weighted by Crippen LogP contribution is -2.31. The van der Waals surface area contributed by atoms with Gasteiger partial charge in [-0.15, -0.1) is 5.10 Å². The number of aromatic nitrogens is 3. The Balaban J connectivity index is 2.11. The van der Waals surface area contributed by atoms with E-state index >= 15 is 0 Å². The number of carboxylic acid groups (broad SMARTS) is 1. The largest absolute Gasteiger partial charge is 0.476 e. The lowest BCUT2D eigenvalue weighted by Gasteiger charge is -2.12. The van der Waals surface area contributed by atoms with Gasteiger partial charge in [0.15, 0.2) is 5.69 Å². The molecule has 0 radical (unpaired) electrons. The second kappa shape index (κ2) is 7.14. The lowest BCUT2D eigenvalue weighted by molar-refractivity contribution is -0.122. The third kappa shape index (κ3) is 3.76. The van der Waals surface area contributed by atoms with E-state index in [2.05, 4.69) is 15.6 Å². The fourth-order valence-corrected chi connectivity index (χ4v) is 2.19. The number of carbonyl (C=O) groups is 2. The number of hydrogen-bond acceptors (Lipinski definition) is 6. The van der Waals surface area contributed by atoms with Crippen LogP contribution in [0.1, 0.15) is 35.1 Å². The van der Waals surface area contributed by atoms with Gasteiger partial charge >= 0.3 is 5.97 Å². The van der Waals surface area contributed by atoms with Crippen molar-refractivity contribution in [1.29, 1.82) is 0 Å². The SMILES string of the molecule is COCCNC(=O)Cn1nnc(C(=O)O)c1C1CCCO1. The number of amides is 1. The Labute approximate surface area is 121 Å². The Morgan fingerprint density at radius 1 is 1.57 bits per heavy atom. The quantitative estimate of drug-likeness (QED) is 0.657. The van der Waals surface area contributed by atoms with Crippen molar-refractivity contribution in [3.8, 4) is 0 Å². The average molecular weight is 298 g/mol. The van der Waals surface area contributed by atoms with Gasteiger partial charge in [-0.2, -0.15) is 0 Å². The molecule has 1 atom stereocenters. The van der Waals surface area contributed by atoms with Crippen LogP contribution in [0.5, 0.6) is 0 Å². The van der Waals surface area contributed by atoms with Crippen molar-refractivity contribution in [3.63, 3.8) is 0 Å². The van der Waals surface area contributed by atoms with Gasteiger partial charge in [0.25, 0.3) is 0 Å². The molecule has 1 aromatic heterocycles. The summed E-state index contributed by atoms with van der Waals surface area (Å²) in [4.78, 5) is 23.0. The van der Waals surface area contributed by atoms with E-state index in [0.717, 1.165) is 6.42 Å². The molecule has 1 unspecified atom stereocenters. The van der Waals surface area contributed by atoms with Gasteiger partial charge in [-0.25, -0.2) is 9.48 Å². The minimum Gasteiger partial charge on any atom is -0.476 e. The van der Waals surface area contributed by atoms with Gasteiger partial charge in [-0.3, -0.25) is 4.79 Å². The summed E-state index contributed by atoms with van der Waals surface area (Å²) in [5, 5.41) is 19.2. The lowest BCUT2D eigenvalue weighted by atomic mass is 10.1. The van der Waals surface area contributed by atoms with Crippen molar-refractivity contribution in [2.75, 3.05) is 26.9 Å². The van der Waals surface area contributed by atoms with Gasteiger partial charge in [0.05, 0.1) is 6.61 Å². The van der Waals surface area contributed by atoms with Crippen LogP contribution < -0.4 is 5.32 Å². The molecule has 0 aromatic carbocycles. The van der Waals surface area contributed by atoms with E-state index in [1.807, 2.05) is 0 Å². The molecule has 1 fully saturated rings. The highest BCUT2D eigenvalue weighted by atomic mass is 16.5. The fourth-order valence-electron chi connectivity index (χ4n) is 2.19. The number of nitrogens with one attached hydrogen (secondary N) is 1. The van der Waals surface area contributed by atoms with Crippen LogP contribution >= 0.6 is 0 Å². The molecule has 2 heterocycles. The van der Waals surface area contributed by atoms with Crippen molar-refractivity contribution in [2.45, 2.75) is 25.5 Å². The van der Waals surface area contributed by atoms with Gasteiger partial charge < -0.3 is 19.9 Å². The van der Waals surface area contributed by atoms with Crippen molar-refractivity contribution < 1.29 is 24.2 Å². The third-order valence-electron chi connectivity index (χ3n) is 3.13. The molecule has 21 heavy (non-hydrogen) atoms. The number of nitrogens with zero attached hydrogens (tertiary/aromatic N) is 3. The average Bonchev–Trinajstić information content (AvgIpc) is 3.07. The van der Waals surface area contributed by atoms with E-state index in [4.69, 9.17) is 14.6 Å². The zero-order chi connectivity index (χ0) is 15.2. The second-order valence-electron chi connectivity index (χ2n) is 4.63. The molecule has 0 spiro atoms.